The standard InChI is InChI=1S/C28H46O4/c1-4-7-9-11-12-13-14-16-19-23-20-21-24(27(29)30)26(28(31)32)25(23)22(17-6-3)18-15-10-8-5-2/h20-22H,4-19H2,1-3H3,(H,29,30)(H,31,32). The van der Waals surface area contributed by atoms with Crippen LogP contribution in [-0.4, -0.2) is 22.2 Å². The molecule has 0 spiro atoms. The van der Waals surface area contributed by atoms with Crippen molar-refractivity contribution < 1.29 is 19.8 Å². The van der Waals surface area contributed by atoms with Crippen molar-refractivity contribution in [3.05, 3.63) is 34.4 Å². The number of aromatic carboxylic acids is 2. The van der Waals surface area contributed by atoms with Gasteiger partial charge in [0.05, 0.1) is 11.1 Å². The lowest BCUT2D eigenvalue weighted by molar-refractivity contribution is 0.0649. The van der Waals surface area contributed by atoms with Crippen LogP contribution in [0.1, 0.15) is 155 Å². The molecule has 0 aromatic heterocycles. The third-order valence-corrected chi connectivity index (χ3v) is 6.53. The van der Waals surface area contributed by atoms with E-state index in [1.807, 2.05) is 6.07 Å². The summed E-state index contributed by atoms with van der Waals surface area (Å²) in [6.45, 7) is 6.54. The average molecular weight is 447 g/mol. The Kier molecular flexibility index (Phi) is 14.8. The Hall–Kier alpha value is -1.84. The van der Waals surface area contributed by atoms with E-state index < -0.39 is 11.9 Å². The molecule has 4 nitrogen and oxygen atoms in total. The minimum absolute atomic E-state index is 0.0310. The molecular formula is C28H46O4. The summed E-state index contributed by atoms with van der Waals surface area (Å²) < 4.78 is 0. The van der Waals surface area contributed by atoms with Crippen molar-refractivity contribution in [1.29, 1.82) is 0 Å². The van der Waals surface area contributed by atoms with Crippen LogP contribution in [-0.2, 0) is 6.42 Å². The normalized spacial score (nSPS) is 12.1. The van der Waals surface area contributed by atoms with Crippen molar-refractivity contribution >= 4 is 11.9 Å². The second-order valence-electron chi connectivity index (χ2n) is 9.23. The van der Waals surface area contributed by atoms with Gasteiger partial charge < -0.3 is 10.2 Å². The van der Waals surface area contributed by atoms with E-state index in [1.54, 1.807) is 0 Å². The minimum atomic E-state index is -1.15. The van der Waals surface area contributed by atoms with Crippen LogP contribution < -0.4 is 0 Å². The maximum atomic E-state index is 12.2. The van der Waals surface area contributed by atoms with Gasteiger partial charge in [-0.2, -0.15) is 0 Å². The van der Waals surface area contributed by atoms with Crippen LogP contribution in [0.2, 0.25) is 0 Å². The highest BCUT2D eigenvalue weighted by Crippen LogP contribution is 2.35. The number of carboxylic acid groups (broad SMARTS) is 2. The number of benzene rings is 1. The van der Waals surface area contributed by atoms with Gasteiger partial charge in [0.25, 0.3) is 0 Å². The molecule has 2 N–H and O–H groups in total. The highest BCUT2D eigenvalue weighted by Gasteiger charge is 2.27. The van der Waals surface area contributed by atoms with Gasteiger partial charge >= 0.3 is 11.9 Å². The van der Waals surface area contributed by atoms with Crippen LogP contribution in [0.4, 0.5) is 0 Å². The molecule has 0 aliphatic heterocycles. The molecule has 32 heavy (non-hydrogen) atoms. The Morgan fingerprint density at radius 2 is 1.25 bits per heavy atom. The lowest BCUT2D eigenvalue weighted by Gasteiger charge is -2.24. The van der Waals surface area contributed by atoms with Crippen LogP contribution in [0.5, 0.6) is 0 Å². The fraction of sp³-hybridized carbons (Fsp3) is 0.714. The van der Waals surface area contributed by atoms with E-state index in [0.29, 0.717) is 0 Å². The monoisotopic (exact) mass is 446 g/mol. The maximum Gasteiger partial charge on any atom is 0.336 e. The summed E-state index contributed by atoms with van der Waals surface area (Å²) in [6.07, 6.45) is 18.0. The molecular weight excluding hydrogens is 400 g/mol. The molecule has 1 aromatic carbocycles. The van der Waals surface area contributed by atoms with Crippen molar-refractivity contribution in [2.75, 3.05) is 0 Å². The number of carboxylic acids is 2. The van der Waals surface area contributed by atoms with Gasteiger partial charge in [-0.15, -0.1) is 0 Å². The summed E-state index contributed by atoms with van der Waals surface area (Å²) in [6, 6.07) is 3.40. The van der Waals surface area contributed by atoms with E-state index in [9.17, 15) is 19.8 Å². The number of hydrogen-bond donors (Lipinski definition) is 2. The molecule has 1 unspecified atom stereocenters. The number of unbranched alkanes of at least 4 members (excludes halogenated alkanes) is 10. The van der Waals surface area contributed by atoms with Gasteiger partial charge in [-0.05, 0) is 48.8 Å². The molecule has 0 heterocycles. The first-order valence-electron chi connectivity index (χ1n) is 13.1. The van der Waals surface area contributed by atoms with E-state index in [-0.39, 0.29) is 17.0 Å². The molecule has 0 amide bonds. The smallest absolute Gasteiger partial charge is 0.336 e. The number of rotatable bonds is 19. The third-order valence-electron chi connectivity index (χ3n) is 6.53. The molecule has 0 bridgehead atoms. The molecule has 0 aliphatic rings. The first-order chi connectivity index (χ1) is 15.5. The SMILES string of the molecule is CCCCCCCCCCc1ccc(C(=O)O)c(C(=O)O)c1C(CCC)CCCCCC. The van der Waals surface area contributed by atoms with E-state index >= 15 is 0 Å². The molecule has 1 rings (SSSR count). The molecule has 4 heteroatoms. The lowest BCUT2D eigenvalue weighted by atomic mass is 9.80. The van der Waals surface area contributed by atoms with Crippen molar-refractivity contribution in [3.8, 4) is 0 Å². The number of carbonyl (C=O) groups is 2. The zero-order valence-corrected chi connectivity index (χ0v) is 20.8. The zero-order valence-electron chi connectivity index (χ0n) is 20.8. The second-order valence-corrected chi connectivity index (χ2v) is 9.23. The molecule has 0 saturated carbocycles. The number of hydrogen-bond acceptors (Lipinski definition) is 2. The summed E-state index contributed by atoms with van der Waals surface area (Å²) in [7, 11) is 0. The van der Waals surface area contributed by atoms with E-state index in [1.165, 1.54) is 51.0 Å². The molecule has 0 aliphatic carbocycles. The third kappa shape index (κ3) is 9.75. The van der Waals surface area contributed by atoms with Gasteiger partial charge in [-0.1, -0.05) is 104 Å². The van der Waals surface area contributed by atoms with E-state index in [4.69, 9.17) is 0 Å². The predicted octanol–water partition coefficient (Wildman–Crippen LogP) is 8.62. The Morgan fingerprint density at radius 1 is 0.688 bits per heavy atom. The van der Waals surface area contributed by atoms with Gasteiger partial charge in [0.2, 0.25) is 0 Å². The Morgan fingerprint density at radius 3 is 1.78 bits per heavy atom. The van der Waals surface area contributed by atoms with Crippen LogP contribution >= 0.6 is 0 Å². The van der Waals surface area contributed by atoms with Crippen molar-refractivity contribution in [1.82, 2.24) is 0 Å². The van der Waals surface area contributed by atoms with Crippen LogP contribution in [0.3, 0.4) is 0 Å². The van der Waals surface area contributed by atoms with Gasteiger partial charge in [0.1, 0.15) is 0 Å². The van der Waals surface area contributed by atoms with Gasteiger partial charge in [0, 0.05) is 0 Å². The molecule has 0 fully saturated rings. The summed E-state index contributed by atoms with van der Waals surface area (Å²) in [5.41, 5.74) is 1.82. The average Bonchev–Trinajstić information content (AvgIpc) is 2.77. The highest BCUT2D eigenvalue weighted by atomic mass is 16.4. The summed E-state index contributed by atoms with van der Waals surface area (Å²) in [5.74, 6) is -2.14. The highest BCUT2D eigenvalue weighted by molar-refractivity contribution is 6.03. The summed E-state index contributed by atoms with van der Waals surface area (Å²) in [4.78, 5) is 24.0. The molecule has 0 saturated heterocycles. The second kappa shape index (κ2) is 16.7. The van der Waals surface area contributed by atoms with Gasteiger partial charge in [0.15, 0.2) is 0 Å². The maximum absolute atomic E-state index is 12.2. The first-order valence-corrected chi connectivity index (χ1v) is 13.1. The summed E-state index contributed by atoms with van der Waals surface area (Å²) in [5, 5.41) is 19.7. The van der Waals surface area contributed by atoms with Crippen LogP contribution in [0, 0.1) is 0 Å². The van der Waals surface area contributed by atoms with Gasteiger partial charge in [-0.25, -0.2) is 9.59 Å². The first kappa shape index (κ1) is 28.2. The fourth-order valence-electron chi connectivity index (χ4n) is 4.80. The van der Waals surface area contributed by atoms with E-state index in [0.717, 1.165) is 68.9 Å². The molecule has 1 aromatic rings. The van der Waals surface area contributed by atoms with Crippen molar-refractivity contribution in [3.63, 3.8) is 0 Å². The van der Waals surface area contributed by atoms with E-state index in [2.05, 4.69) is 20.8 Å². The Labute approximate surface area is 195 Å². The lowest BCUT2D eigenvalue weighted by Crippen LogP contribution is -2.17. The largest absolute Gasteiger partial charge is 0.478 e. The quantitative estimate of drug-likeness (QED) is 0.209. The van der Waals surface area contributed by atoms with Crippen molar-refractivity contribution in [2.24, 2.45) is 0 Å². The van der Waals surface area contributed by atoms with Crippen LogP contribution in [0.25, 0.3) is 0 Å². The summed E-state index contributed by atoms with van der Waals surface area (Å²) >= 11 is 0. The molecule has 182 valence electrons. The molecule has 1 atom stereocenters. The topological polar surface area (TPSA) is 74.6 Å². The van der Waals surface area contributed by atoms with Crippen LogP contribution in [0.15, 0.2) is 12.1 Å². The minimum Gasteiger partial charge on any atom is -0.478 e. The predicted molar refractivity (Wildman–Crippen MR) is 133 cm³/mol. The molecule has 0 radical (unpaired) electrons. The van der Waals surface area contributed by atoms with Gasteiger partial charge in [-0.3, -0.25) is 0 Å². The Bertz CT molecular complexity index is 680. The fourth-order valence-corrected chi connectivity index (χ4v) is 4.80. The van der Waals surface area contributed by atoms with Crippen molar-refractivity contribution in [2.45, 2.75) is 129 Å². The zero-order chi connectivity index (χ0) is 23.8. The Balaban J connectivity index is 3.05. The number of aryl methyl sites for hydroxylation is 1.